The van der Waals surface area contributed by atoms with E-state index in [0.717, 1.165) is 11.3 Å². The van der Waals surface area contributed by atoms with Crippen LogP contribution in [0.25, 0.3) is 0 Å². The summed E-state index contributed by atoms with van der Waals surface area (Å²) in [6.07, 6.45) is 1.62. The van der Waals surface area contributed by atoms with Crippen molar-refractivity contribution in [1.29, 1.82) is 0 Å². The van der Waals surface area contributed by atoms with Crippen LogP contribution in [0.2, 0.25) is 0 Å². The van der Waals surface area contributed by atoms with Gasteiger partial charge in [0.15, 0.2) is 0 Å². The van der Waals surface area contributed by atoms with Gasteiger partial charge < -0.3 is 19.5 Å². The molecule has 1 saturated heterocycles. The van der Waals surface area contributed by atoms with Gasteiger partial charge in [-0.2, -0.15) is 0 Å². The SMILES string of the molecule is COc1ccccc1[C@@H](C)CC(=O)N(CC(=O)O)C1CCOCC1. The second-order valence-corrected chi connectivity index (χ2v) is 6.11. The normalized spacial score (nSPS) is 16.4. The fourth-order valence-electron chi connectivity index (χ4n) is 3.13. The van der Waals surface area contributed by atoms with Gasteiger partial charge in [0.05, 0.1) is 7.11 Å². The minimum atomic E-state index is -0.986. The Balaban J connectivity index is 2.09. The predicted molar refractivity (Wildman–Crippen MR) is 89.2 cm³/mol. The molecule has 1 aliphatic rings. The number of rotatable bonds is 7. The number of carboxylic acids is 1. The molecule has 1 aliphatic heterocycles. The molecule has 6 heteroatoms. The molecule has 6 nitrogen and oxygen atoms in total. The molecule has 1 atom stereocenters. The molecule has 0 radical (unpaired) electrons. The monoisotopic (exact) mass is 335 g/mol. The number of aliphatic carboxylic acids is 1. The van der Waals surface area contributed by atoms with Crippen molar-refractivity contribution in [3.8, 4) is 5.75 Å². The van der Waals surface area contributed by atoms with E-state index in [4.69, 9.17) is 14.6 Å². The van der Waals surface area contributed by atoms with Gasteiger partial charge in [0.25, 0.3) is 0 Å². The number of benzene rings is 1. The molecule has 24 heavy (non-hydrogen) atoms. The van der Waals surface area contributed by atoms with E-state index in [1.165, 1.54) is 4.90 Å². The summed E-state index contributed by atoms with van der Waals surface area (Å²) in [5, 5.41) is 9.15. The summed E-state index contributed by atoms with van der Waals surface area (Å²) in [5.74, 6) is -0.430. The maximum absolute atomic E-state index is 12.7. The van der Waals surface area contributed by atoms with Gasteiger partial charge in [-0.15, -0.1) is 0 Å². The van der Waals surface area contributed by atoms with Crippen molar-refractivity contribution in [3.63, 3.8) is 0 Å². The maximum Gasteiger partial charge on any atom is 0.323 e. The highest BCUT2D eigenvalue weighted by Crippen LogP contribution is 2.29. The Labute approximate surface area is 142 Å². The van der Waals surface area contributed by atoms with Gasteiger partial charge >= 0.3 is 5.97 Å². The molecular weight excluding hydrogens is 310 g/mol. The van der Waals surface area contributed by atoms with Gasteiger partial charge in [0.2, 0.25) is 5.91 Å². The number of hydrogen-bond acceptors (Lipinski definition) is 4. The van der Waals surface area contributed by atoms with Crippen LogP contribution in [-0.2, 0) is 14.3 Å². The van der Waals surface area contributed by atoms with Crippen LogP contribution in [0.1, 0.15) is 37.7 Å². The van der Waals surface area contributed by atoms with Gasteiger partial charge in [-0.1, -0.05) is 25.1 Å². The van der Waals surface area contributed by atoms with Crippen molar-refractivity contribution in [1.82, 2.24) is 4.90 Å². The number of carbonyl (C=O) groups excluding carboxylic acids is 1. The average molecular weight is 335 g/mol. The zero-order valence-electron chi connectivity index (χ0n) is 14.2. The number of para-hydroxylation sites is 1. The number of hydrogen-bond donors (Lipinski definition) is 1. The molecule has 132 valence electrons. The lowest BCUT2D eigenvalue weighted by Crippen LogP contribution is -2.46. The predicted octanol–water partition coefficient (Wildman–Crippen LogP) is 2.28. The van der Waals surface area contributed by atoms with Crippen LogP contribution < -0.4 is 4.74 Å². The third-order valence-electron chi connectivity index (χ3n) is 4.41. The highest BCUT2D eigenvalue weighted by Gasteiger charge is 2.29. The first kappa shape index (κ1) is 18.3. The number of nitrogens with zero attached hydrogens (tertiary/aromatic N) is 1. The molecule has 0 saturated carbocycles. The molecule has 1 N–H and O–H groups in total. The molecular formula is C18H25NO5. The summed E-state index contributed by atoms with van der Waals surface area (Å²) in [7, 11) is 1.60. The second kappa shape index (κ2) is 8.68. The molecule has 1 aromatic carbocycles. The fraction of sp³-hybridized carbons (Fsp3) is 0.556. The smallest absolute Gasteiger partial charge is 0.323 e. The second-order valence-electron chi connectivity index (χ2n) is 6.11. The fourth-order valence-corrected chi connectivity index (χ4v) is 3.13. The third-order valence-corrected chi connectivity index (χ3v) is 4.41. The van der Waals surface area contributed by atoms with Crippen molar-refractivity contribution in [2.45, 2.75) is 38.1 Å². The van der Waals surface area contributed by atoms with Crippen molar-refractivity contribution in [2.75, 3.05) is 26.9 Å². The molecule has 1 fully saturated rings. The minimum Gasteiger partial charge on any atom is -0.496 e. The Kier molecular flexibility index (Phi) is 6.61. The number of carbonyl (C=O) groups is 2. The van der Waals surface area contributed by atoms with Crippen LogP contribution in [0.3, 0.4) is 0 Å². The number of methoxy groups -OCH3 is 1. The topological polar surface area (TPSA) is 76.1 Å². The lowest BCUT2D eigenvalue weighted by molar-refractivity contribution is -0.147. The summed E-state index contributed by atoms with van der Waals surface area (Å²) >= 11 is 0. The first-order chi connectivity index (χ1) is 11.5. The van der Waals surface area contributed by atoms with E-state index in [2.05, 4.69) is 0 Å². The van der Waals surface area contributed by atoms with E-state index >= 15 is 0 Å². The van der Waals surface area contributed by atoms with E-state index in [0.29, 0.717) is 26.1 Å². The highest BCUT2D eigenvalue weighted by atomic mass is 16.5. The van der Waals surface area contributed by atoms with Crippen LogP contribution in [-0.4, -0.2) is 54.8 Å². The van der Waals surface area contributed by atoms with E-state index in [9.17, 15) is 9.59 Å². The van der Waals surface area contributed by atoms with Gasteiger partial charge in [-0.3, -0.25) is 9.59 Å². The number of amides is 1. The third kappa shape index (κ3) is 4.71. The largest absolute Gasteiger partial charge is 0.496 e. The molecule has 0 bridgehead atoms. The van der Waals surface area contributed by atoms with Crippen molar-refractivity contribution in [3.05, 3.63) is 29.8 Å². The van der Waals surface area contributed by atoms with Gasteiger partial charge in [-0.25, -0.2) is 0 Å². The minimum absolute atomic E-state index is 0.0511. The van der Waals surface area contributed by atoms with Crippen LogP contribution >= 0.6 is 0 Å². The highest BCUT2D eigenvalue weighted by molar-refractivity contribution is 5.82. The summed E-state index contributed by atoms with van der Waals surface area (Å²) in [5.41, 5.74) is 0.954. The Bertz CT molecular complexity index is 568. The quantitative estimate of drug-likeness (QED) is 0.827. The Morgan fingerprint density at radius 1 is 1.33 bits per heavy atom. The summed E-state index contributed by atoms with van der Waals surface area (Å²) < 4.78 is 10.7. The van der Waals surface area contributed by atoms with Gasteiger partial charge in [-0.05, 0) is 30.4 Å². The summed E-state index contributed by atoms with van der Waals surface area (Å²) in [6.45, 7) is 2.83. The molecule has 0 aromatic heterocycles. The van der Waals surface area contributed by atoms with Gasteiger partial charge in [0.1, 0.15) is 12.3 Å². The average Bonchev–Trinajstić information content (AvgIpc) is 2.60. The van der Waals surface area contributed by atoms with Crippen molar-refractivity contribution < 1.29 is 24.2 Å². The summed E-state index contributed by atoms with van der Waals surface area (Å²) in [4.78, 5) is 25.4. The molecule has 2 rings (SSSR count). The van der Waals surface area contributed by atoms with E-state index in [-0.39, 0.29) is 30.8 Å². The Morgan fingerprint density at radius 3 is 2.62 bits per heavy atom. The van der Waals surface area contributed by atoms with Crippen LogP contribution in [0.5, 0.6) is 5.75 Å². The van der Waals surface area contributed by atoms with Crippen molar-refractivity contribution >= 4 is 11.9 Å². The van der Waals surface area contributed by atoms with Gasteiger partial charge in [0, 0.05) is 25.7 Å². The molecule has 1 heterocycles. The first-order valence-corrected chi connectivity index (χ1v) is 8.24. The van der Waals surface area contributed by atoms with E-state index < -0.39 is 5.97 Å². The molecule has 0 spiro atoms. The number of ether oxygens (including phenoxy) is 2. The Hall–Kier alpha value is -2.08. The molecule has 1 aromatic rings. The van der Waals surface area contributed by atoms with Crippen molar-refractivity contribution in [2.24, 2.45) is 0 Å². The molecule has 0 unspecified atom stereocenters. The summed E-state index contributed by atoms with van der Waals surface area (Å²) in [6, 6.07) is 7.53. The number of carboxylic acid groups (broad SMARTS) is 1. The lowest BCUT2D eigenvalue weighted by atomic mass is 9.95. The first-order valence-electron chi connectivity index (χ1n) is 8.24. The molecule has 0 aliphatic carbocycles. The zero-order chi connectivity index (χ0) is 17.5. The Morgan fingerprint density at radius 2 is 2.00 bits per heavy atom. The lowest BCUT2D eigenvalue weighted by Gasteiger charge is -2.34. The molecule has 1 amide bonds. The van der Waals surface area contributed by atoms with Crippen LogP contribution in [0.15, 0.2) is 24.3 Å². The van der Waals surface area contributed by atoms with Crippen LogP contribution in [0, 0.1) is 0 Å². The zero-order valence-corrected chi connectivity index (χ0v) is 14.2. The standard InChI is InChI=1S/C18H25NO5/c1-13(15-5-3-4-6-16(15)23-2)11-17(20)19(12-18(21)22)14-7-9-24-10-8-14/h3-6,13-14H,7-12H2,1-2H3,(H,21,22)/t13-/m0/s1. The maximum atomic E-state index is 12.7. The van der Waals surface area contributed by atoms with E-state index in [1.54, 1.807) is 7.11 Å². The van der Waals surface area contributed by atoms with Crippen LogP contribution in [0.4, 0.5) is 0 Å². The van der Waals surface area contributed by atoms with E-state index in [1.807, 2.05) is 31.2 Å².